The molecule has 0 unspecified atom stereocenters. The molecule has 5 rings (SSSR count). The summed E-state index contributed by atoms with van der Waals surface area (Å²) in [6.45, 7) is 1.69. The minimum atomic E-state index is -3.91. The van der Waals surface area contributed by atoms with Crippen LogP contribution < -0.4 is 10.0 Å². The predicted molar refractivity (Wildman–Crippen MR) is 154 cm³/mol. The molecule has 4 aromatic rings. The maximum Gasteiger partial charge on any atom is 0.266 e. The van der Waals surface area contributed by atoms with Gasteiger partial charge in [0.2, 0.25) is 11.7 Å². The molecule has 2 aromatic heterocycles. The van der Waals surface area contributed by atoms with E-state index in [0.717, 1.165) is 0 Å². The minimum absolute atomic E-state index is 0.0109. The monoisotopic (exact) mass is 609 g/mol. The lowest BCUT2D eigenvalue weighted by molar-refractivity contribution is -0.122. The van der Waals surface area contributed by atoms with Crippen molar-refractivity contribution in [1.29, 1.82) is 0 Å². The molecule has 1 aliphatic heterocycles. The number of nitrogens with one attached hydrogen (secondary N) is 2. The van der Waals surface area contributed by atoms with Crippen molar-refractivity contribution in [2.24, 2.45) is 4.99 Å². The first-order chi connectivity index (χ1) is 20.1. The van der Waals surface area contributed by atoms with Gasteiger partial charge in [0.15, 0.2) is 15.4 Å². The van der Waals surface area contributed by atoms with Crippen molar-refractivity contribution in [2.45, 2.75) is 42.5 Å². The van der Waals surface area contributed by atoms with Crippen LogP contribution in [-0.2, 0) is 30.4 Å². The first kappa shape index (κ1) is 29.1. The van der Waals surface area contributed by atoms with Gasteiger partial charge in [-0.1, -0.05) is 37.3 Å². The van der Waals surface area contributed by atoms with Gasteiger partial charge in [-0.3, -0.25) is 24.3 Å². The van der Waals surface area contributed by atoms with Crippen molar-refractivity contribution >= 4 is 48.5 Å². The van der Waals surface area contributed by atoms with E-state index in [9.17, 15) is 26.4 Å². The number of nitrogens with zero attached hydrogens (tertiary/aromatic N) is 3. The third-order valence-corrected chi connectivity index (χ3v) is 9.58. The molecule has 42 heavy (non-hydrogen) atoms. The van der Waals surface area contributed by atoms with Gasteiger partial charge < -0.3 is 9.73 Å². The van der Waals surface area contributed by atoms with E-state index < -0.39 is 49.4 Å². The summed E-state index contributed by atoms with van der Waals surface area (Å²) in [6.07, 6.45) is 1.39. The molecule has 0 aliphatic carbocycles. The summed E-state index contributed by atoms with van der Waals surface area (Å²) < 4.78 is 59.0. The van der Waals surface area contributed by atoms with Gasteiger partial charge in [0.1, 0.15) is 17.4 Å². The van der Waals surface area contributed by atoms with Gasteiger partial charge in [0.25, 0.3) is 15.9 Å². The second-order valence-electron chi connectivity index (χ2n) is 9.62. The number of hydrogen-bond donors (Lipinski definition) is 2. The molecule has 12 nitrogen and oxygen atoms in total. The zero-order chi connectivity index (χ0) is 29.9. The average molecular weight is 610 g/mol. The van der Waals surface area contributed by atoms with E-state index in [-0.39, 0.29) is 40.8 Å². The van der Waals surface area contributed by atoms with E-state index in [1.54, 1.807) is 61.5 Å². The van der Waals surface area contributed by atoms with E-state index in [4.69, 9.17) is 4.42 Å². The number of Topliss-reactive ketones (excluding diaryl/α,β-unsaturated/α-hetero) is 1. The molecule has 0 saturated heterocycles. The average Bonchev–Trinajstić information content (AvgIpc) is 3.52. The van der Waals surface area contributed by atoms with Gasteiger partial charge >= 0.3 is 0 Å². The van der Waals surface area contributed by atoms with Crippen LogP contribution in [0.4, 0.5) is 0 Å². The molecule has 0 saturated carbocycles. The molecule has 0 spiro atoms. The van der Waals surface area contributed by atoms with Crippen molar-refractivity contribution in [2.75, 3.05) is 5.75 Å². The molecule has 0 bridgehead atoms. The van der Waals surface area contributed by atoms with Gasteiger partial charge in [-0.2, -0.15) is 0 Å². The largest absolute Gasteiger partial charge is 0.434 e. The van der Waals surface area contributed by atoms with Gasteiger partial charge in [-0.05, 0) is 49.2 Å². The number of sulfonamides is 1. The van der Waals surface area contributed by atoms with E-state index in [1.165, 1.54) is 18.3 Å². The molecule has 2 atom stereocenters. The zero-order valence-corrected chi connectivity index (χ0v) is 24.1. The first-order valence-electron chi connectivity index (χ1n) is 13.1. The van der Waals surface area contributed by atoms with Gasteiger partial charge in [0.05, 0.1) is 28.1 Å². The Morgan fingerprint density at radius 1 is 1.05 bits per heavy atom. The van der Waals surface area contributed by atoms with Crippen LogP contribution in [-0.4, -0.2) is 62.2 Å². The summed E-state index contributed by atoms with van der Waals surface area (Å²) in [6, 6.07) is 15.5. The van der Waals surface area contributed by atoms with Crippen LogP contribution in [0.1, 0.15) is 41.7 Å². The number of amides is 1. The number of fused-ring (bicyclic) bond motifs is 2. The molecule has 218 valence electrons. The van der Waals surface area contributed by atoms with E-state index >= 15 is 0 Å². The summed E-state index contributed by atoms with van der Waals surface area (Å²) in [7, 11) is -7.64. The minimum Gasteiger partial charge on any atom is -0.434 e. The molecule has 2 aromatic carbocycles. The zero-order valence-electron chi connectivity index (χ0n) is 22.4. The highest BCUT2D eigenvalue weighted by Crippen LogP contribution is 2.23. The highest BCUT2D eigenvalue weighted by Gasteiger charge is 2.34. The number of benzene rings is 2. The predicted octanol–water partition coefficient (Wildman–Crippen LogP) is 2.41. The van der Waals surface area contributed by atoms with Crippen LogP contribution in [0.5, 0.6) is 0 Å². The first-order valence-corrected chi connectivity index (χ1v) is 16.4. The number of aromatic nitrogens is 2. The second kappa shape index (κ2) is 11.8. The Labute approximate surface area is 242 Å². The Kier molecular flexibility index (Phi) is 8.18. The molecule has 1 amide bonds. The lowest BCUT2D eigenvalue weighted by Crippen LogP contribution is -2.45. The Morgan fingerprint density at radius 2 is 1.79 bits per heavy atom. The normalized spacial score (nSPS) is 16.5. The van der Waals surface area contributed by atoms with Gasteiger partial charge in [-0.15, -0.1) is 0 Å². The van der Waals surface area contributed by atoms with Crippen LogP contribution in [0, 0.1) is 0 Å². The smallest absolute Gasteiger partial charge is 0.266 e. The topological polar surface area (TPSA) is 178 Å². The molecule has 2 N–H and O–H groups in total. The van der Waals surface area contributed by atoms with Gasteiger partial charge in [-0.25, -0.2) is 21.8 Å². The highest BCUT2D eigenvalue weighted by atomic mass is 32.2. The lowest BCUT2D eigenvalue weighted by atomic mass is 10.1. The number of pyridine rings is 1. The number of ketones is 1. The lowest BCUT2D eigenvalue weighted by Gasteiger charge is -2.19. The van der Waals surface area contributed by atoms with Crippen LogP contribution in [0.15, 0.2) is 87.2 Å². The fourth-order valence-electron chi connectivity index (χ4n) is 4.46. The number of rotatable bonds is 11. The third-order valence-electron chi connectivity index (χ3n) is 6.59. The second-order valence-corrected chi connectivity index (χ2v) is 13.5. The molecule has 14 heteroatoms. The van der Waals surface area contributed by atoms with Crippen LogP contribution in [0.25, 0.3) is 11.1 Å². The molecule has 0 fully saturated rings. The van der Waals surface area contributed by atoms with Gasteiger partial charge in [0, 0.05) is 11.8 Å². The van der Waals surface area contributed by atoms with Crippen LogP contribution >= 0.6 is 0 Å². The standard InChI is InChI=1S/C28H27N5O7S2/c1-2-20(25(34)28-32-21-11-4-5-12-23(21)40-28)31-27(35)22(14-16-41(36,37)17-18-9-7-8-15-29-18)30-26-19-10-3-6-13-24(19)42(38,39)33-26/h3-13,15,20,22H,2,14,16-17H2,1H3,(H,30,33)(H,31,35)/t20-,22-/m0/s1. The summed E-state index contributed by atoms with van der Waals surface area (Å²) in [5, 5.41) is 2.63. The molecule has 1 aliphatic rings. The summed E-state index contributed by atoms with van der Waals surface area (Å²) in [5.41, 5.74) is 1.49. The molecular formula is C28H27N5O7S2. The Morgan fingerprint density at radius 3 is 2.52 bits per heavy atom. The number of sulfone groups is 1. The third kappa shape index (κ3) is 6.39. The SMILES string of the molecule is CC[C@H](NC(=O)[C@H](CCS(=O)(=O)Cc1ccccn1)N=C1NS(=O)(=O)c2ccccc21)C(=O)c1nc2ccccc2o1. The number of carbonyl (C=O) groups excluding carboxylic acids is 2. The Hall–Kier alpha value is -4.43. The summed E-state index contributed by atoms with van der Waals surface area (Å²) in [5.74, 6) is -2.38. The molecule has 0 radical (unpaired) electrons. The van der Waals surface area contributed by atoms with E-state index in [0.29, 0.717) is 16.8 Å². The maximum absolute atomic E-state index is 13.6. The summed E-state index contributed by atoms with van der Waals surface area (Å²) >= 11 is 0. The van der Waals surface area contributed by atoms with E-state index in [2.05, 4.69) is 25.0 Å². The number of oxazole rings is 1. The van der Waals surface area contributed by atoms with Crippen molar-refractivity contribution in [1.82, 2.24) is 20.0 Å². The Balaban J connectivity index is 1.41. The van der Waals surface area contributed by atoms with Crippen molar-refractivity contribution < 1.29 is 30.8 Å². The van der Waals surface area contributed by atoms with Crippen LogP contribution in [0.3, 0.4) is 0 Å². The maximum atomic E-state index is 13.6. The van der Waals surface area contributed by atoms with Crippen molar-refractivity contribution in [3.05, 3.63) is 90.1 Å². The van der Waals surface area contributed by atoms with Crippen molar-refractivity contribution in [3.63, 3.8) is 0 Å². The highest BCUT2D eigenvalue weighted by molar-refractivity contribution is 7.91. The number of carbonyl (C=O) groups is 2. The number of amidine groups is 1. The fourth-order valence-corrected chi connectivity index (χ4v) is 7.05. The number of aliphatic imine (C=N–C) groups is 1. The fraction of sp³-hybridized carbons (Fsp3) is 0.250. The van der Waals surface area contributed by atoms with Crippen LogP contribution in [0.2, 0.25) is 0 Å². The van der Waals surface area contributed by atoms with Crippen molar-refractivity contribution in [3.8, 4) is 0 Å². The van der Waals surface area contributed by atoms with E-state index in [1.807, 2.05) is 0 Å². The Bertz CT molecular complexity index is 1850. The molecular weight excluding hydrogens is 582 g/mol. The number of para-hydroxylation sites is 2. The summed E-state index contributed by atoms with van der Waals surface area (Å²) in [4.78, 5) is 39.4. The quantitative estimate of drug-likeness (QED) is 0.242. The number of hydrogen-bond acceptors (Lipinski definition) is 10. The molecule has 3 heterocycles.